The molecule has 22 heavy (non-hydrogen) atoms. The third-order valence-electron chi connectivity index (χ3n) is 4.08. The van der Waals surface area contributed by atoms with Gasteiger partial charge in [0.15, 0.2) is 0 Å². The van der Waals surface area contributed by atoms with Crippen molar-refractivity contribution in [3.8, 4) is 22.6 Å². The minimum Gasteiger partial charge on any atom is -0.497 e. The van der Waals surface area contributed by atoms with Crippen LogP contribution in [0.15, 0.2) is 72.8 Å². The molecule has 0 radical (unpaired) electrons. The average molecular weight is 288 g/mol. The van der Waals surface area contributed by atoms with Crippen LogP contribution in [-0.4, -0.2) is 7.11 Å². The van der Waals surface area contributed by atoms with Crippen LogP contribution < -0.4 is 9.47 Å². The first-order chi connectivity index (χ1) is 10.9. The summed E-state index contributed by atoms with van der Waals surface area (Å²) in [5.74, 6) is 1.79. The lowest BCUT2D eigenvalue weighted by Crippen LogP contribution is -2.15. The van der Waals surface area contributed by atoms with Gasteiger partial charge in [-0.1, -0.05) is 54.6 Å². The Morgan fingerprint density at radius 3 is 2.23 bits per heavy atom. The van der Waals surface area contributed by atoms with Crippen LogP contribution in [0.3, 0.4) is 0 Å². The molecule has 0 spiro atoms. The van der Waals surface area contributed by atoms with E-state index in [0.717, 1.165) is 22.6 Å². The van der Waals surface area contributed by atoms with Gasteiger partial charge in [0.1, 0.15) is 17.6 Å². The van der Waals surface area contributed by atoms with E-state index in [1.165, 1.54) is 11.1 Å². The Labute approximate surface area is 129 Å². The number of para-hydroxylation sites is 1. The van der Waals surface area contributed by atoms with Crippen molar-refractivity contribution in [1.29, 1.82) is 0 Å². The molecule has 1 aliphatic heterocycles. The van der Waals surface area contributed by atoms with Crippen molar-refractivity contribution < 1.29 is 9.47 Å². The van der Waals surface area contributed by atoms with Crippen molar-refractivity contribution in [2.75, 3.05) is 7.11 Å². The van der Waals surface area contributed by atoms with Crippen molar-refractivity contribution >= 4 is 0 Å². The SMILES string of the molecule is COc1ccc(C2Oc3ccccc3-c3ccccc32)cc1. The molecule has 0 amide bonds. The maximum atomic E-state index is 6.28. The summed E-state index contributed by atoms with van der Waals surface area (Å²) >= 11 is 0. The van der Waals surface area contributed by atoms with Crippen LogP contribution in [0, 0.1) is 0 Å². The topological polar surface area (TPSA) is 18.5 Å². The molecule has 3 aromatic carbocycles. The Morgan fingerprint density at radius 2 is 1.45 bits per heavy atom. The van der Waals surface area contributed by atoms with Gasteiger partial charge >= 0.3 is 0 Å². The van der Waals surface area contributed by atoms with Gasteiger partial charge in [-0.25, -0.2) is 0 Å². The Hall–Kier alpha value is -2.74. The summed E-state index contributed by atoms with van der Waals surface area (Å²) in [5.41, 5.74) is 4.72. The molecule has 1 heterocycles. The molecule has 1 aliphatic rings. The Bertz CT molecular complexity index is 806. The Balaban J connectivity index is 1.85. The lowest BCUT2D eigenvalue weighted by molar-refractivity contribution is 0.243. The predicted octanol–water partition coefficient (Wildman–Crippen LogP) is 4.84. The zero-order valence-corrected chi connectivity index (χ0v) is 12.3. The van der Waals surface area contributed by atoms with Gasteiger partial charge in [0.05, 0.1) is 7.11 Å². The molecule has 0 aromatic heterocycles. The van der Waals surface area contributed by atoms with Gasteiger partial charge in [-0.2, -0.15) is 0 Å². The summed E-state index contributed by atoms with van der Waals surface area (Å²) in [6.45, 7) is 0. The zero-order valence-electron chi connectivity index (χ0n) is 12.3. The summed E-state index contributed by atoms with van der Waals surface area (Å²) in [7, 11) is 1.68. The van der Waals surface area contributed by atoms with E-state index in [4.69, 9.17) is 9.47 Å². The van der Waals surface area contributed by atoms with Gasteiger partial charge in [-0.3, -0.25) is 0 Å². The molecule has 1 atom stereocenters. The summed E-state index contributed by atoms with van der Waals surface area (Å²) in [4.78, 5) is 0. The van der Waals surface area contributed by atoms with Crippen LogP contribution in [0.1, 0.15) is 17.2 Å². The largest absolute Gasteiger partial charge is 0.497 e. The van der Waals surface area contributed by atoms with Gasteiger partial charge in [-0.15, -0.1) is 0 Å². The minimum absolute atomic E-state index is 0.0861. The van der Waals surface area contributed by atoms with Gasteiger partial charge in [0.2, 0.25) is 0 Å². The molecule has 0 saturated heterocycles. The number of benzene rings is 3. The second kappa shape index (κ2) is 5.23. The molecular weight excluding hydrogens is 272 g/mol. The number of rotatable bonds is 2. The average Bonchev–Trinajstić information content (AvgIpc) is 2.61. The molecule has 0 aliphatic carbocycles. The van der Waals surface area contributed by atoms with Crippen molar-refractivity contribution in [3.63, 3.8) is 0 Å². The van der Waals surface area contributed by atoms with E-state index in [9.17, 15) is 0 Å². The Kier molecular flexibility index (Phi) is 3.08. The van der Waals surface area contributed by atoms with Crippen molar-refractivity contribution in [1.82, 2.24) is 0 Å². The number of ether oxygens (including phenoxy) is 2. The van der Waals surface area contributed by atoms with E-state index in [1.54, 1.807) is 7.11 Å². The van der Waals surface area contributed by atoms with E-state index < -0.39 is 0 Å². The van der Waals surface area contributed by atoms with E-state index in [-0.39, 0.29) is 6.10 Å². The lowest BCUT2D eigenvalue weighted by Gasteiger charge is -2.29. The number of methoxy groups -OCH3 is 1. The molecule has 2 nitrogen and oxygen atoms in total. The summed E-state index contributed by atoms with van der Waals surface area (Å²) in [6.07, 6.45) is -0.0861. The van der Waals surface area contributed by atoms with Crippen molar-refractivity contribution in [2.24, 2.45) is 0 Å². The van der Waals surface area contributed by atoms with Crippen LogP contribution in [0.2, 0.25) is 0 Å². The lowest BCUT2D eigenvalue weighted by atomic mass is 9.90. The fourth-order valence-corrected chi connectivity index (χ4v) is 2.98. The molecule has 3 aromatic rings. The molecule has 4 rings (SSSR count). The molecule has 1 unspecified atom stereocenters. The van der Waals surface area contributed by atoms with Crippen LogP contribution in [0.5, 0.6) is 11.5 Å². The van der Waals surface area contributed by atoms with E-state index in [2.05, 4.69) is 42.5 Å². The van der Waals surface area contributed by atoms with Gasteiger partial charge in [0, 0.05) is 11.1 Å². The monoisotopic (exact) mass is 288 g/mol. The van der Waals surface area contributed by atoms with Gasteiger partial charge < -0.3 is 9.47 Å². The number of fused-ring (bicyclic) bond motifs is 3. The van der Waals surface area contributed by atoms with E-state index >= 15 is 0 Å². The molecular formula is C20H16O2. The maximum absolute atomic E-state index is 6.28. The third-order valence-corrected chi connectivity index (χ3v) is 4.08. The molecule has 2 heteroatoms. The van der Waals surface area contributed by atoms with Crippen LogP contribution >= 0.6 is 0 Å². The first-order valence-electron chi connectivity index (χ1n) is 7.36. The second-order valence-corrected chi connectivity index (χ2v) is 5.35. The Morgan fingerprint density at radius 1 is 0.773 bits per heavy atom. The smallest absolute Gasteiger partial charge is 0.149 e. The fraction of sp³-hybridized carbons (Fsp3) is 0.100. The van der Waals surface area contributed by atoms with Gasteiger partial charge in [-0.05, 0) is 29.3 Å². The van der Waals surface area contributed by atoms with Crippen LogP contribution in [0.25, 0.3) is 11.1 Å². The maximum Gasteiger partial charge on any atom is 0.149 e. The van der Waals surface area contributed by atoms with Crippen LogP contribution in [0.4, 0.5) is 0 Å². The number of hydrogen-bond donors (Lipinski definition) is 0. The van der Waals surface area contributed by atoms with Crippen LogP contribution in [-0.2, 0) is 0 Å². The summed E-state index contributed by atoms with van der Waals surface area (Å²) in [6, 6.07) is 24.7. The molecule has 0 saturated carbocycles. The number of hydrogen-bond acceptors (Lipinski definition) is 2. The van der Waals surface area contributed by atoms with Crippen molar-refractivity contribution in [2.45, 2.75) is 6.10 Å². The van der Waals surface area contributed by atoms with Gasteiger partial charge in [0.25, 0.3) is 0 Å². The quantitative estimate of drug-likeness (QED) is 0.671. The highest BCUT2D eigenvalue weighted by Gasteiger charge is 2.26. The minimum atomic E-state index is -0.0861. The predicted molar refractivity (Wildman–Crippen MR) is 87.3 cm³/mol. The zero-order chi connectivity index (χ0) is 14.9. The first-order valence-corrected chi connectivity index (χ1v) is 7.36. The molecule has 0 fully saturated rings. The summed E-state index contributed by atoms with van der Waals surface area (Å²) < 4.78 is 11.5. The fourth-order valence-electron chi connectivity index (χ4n) is 2.98. The molecule has 0 bridgehead atoms. The standard InChI is InChI=1S/C20H16O2/c1-21-15-12-10-14(11-13-15)20-18-8-3-2-6-16(18)17-7-4-5-9-19(17)22-20/h2-13,20H,1H3. The molecule has 108 valence electrons. The highest BCUT2D eigenvalue weighted by molar-refractivity contribution is 5.76. The first kappa shape index (κ1) is 13.0. The normalized spacial score (nSPS) is 15.4. The highest BCUT2D eigenvalue weighted by Crippen LogP contribution is 2.44. The second-order valence-electron chi connectivity index (χ2n) is 5.35. The third kappa shape index (κ3) is 2.04. The van der Waals surface area contributed by atoms with Crippen molar-refractivity contribution in [3.05, 3.63) is 83.9 Å². The van der Waals surface area contributed by atoms with E-state index in [0.29, 0.717) is 0 Å². The summed E-state index contributed by atoms with van der Waals surface area (Å²) in [5, 5.41) is 0. The highest BCUT2D eigenvalue weighted by atomic mass is 16.5. The van der Waals surface area contributed by atoms with E-state index in [1.807, 2.05) is 30.3 Å². The molecule has 0 N–H and O–H groups in total.